The van der Waals surface area contributed by atoms with Crippen molar-refractivity contribution in [1.82, 2.24) is 10.3 Å². The fourth-order valence-corrected chi connectivity index (χ4v) is 3.69. The first-order chi connectivity index (χ1) is 13.2. The molecule has 0 saturated carbocycles. The maximum Gasteiger partial charge on any atom is 0.252 e. The van der Waals surface area contributed by atoms with Gasteiger partial charge in [0.25, 0.3) is 5.91 Å². The Balaban J connectivity index is 1.73. The number of hydrogen-bond donors (Lipinski definition) is 1. The summed E-state index contributed by atoms with van der Waals surface area (Å²) in [6, 6.07) is 19.4. The molecule has 1 aromatic heterocycles. The van der Waals surface area contributed by atoms with E-state index >= 15 is 0 Å². The van der Waals surface area contributed by atoms with E-state index in [4.69, 9.17) is 4.74 Å². The highest BCUT2D eigenvalue weighted by Gasteiger charge is 2.13. The summed E-state index contributed by atoms with van der Waals surface area (Å²) < 4.78 is 6.15. The van der Waals surface area contributed by atoms with Crippen LogP contribution in [0.15, 0.2) is 81.3 Å². The fourth-order valence-electron chi connectivity index (χ4n) is 2.58. The number of carbonyl (C=O) groups excluding carboxylic acids is 1. The van der Waals surface area contributed by atoms with Crippen molar-refractivity contribution in [2.45, 2.75) is 23.1 Å². The Kier molecular flexibility index (Phi) is 7.04. The lowest BCUT2D eigenvalue weighted by atomic mass is 10.1. The number of hydrogen-bond acceptors (Lipinski definition) is 4. The third-order valence-electron chi connectivity index (χ3n) is 3.90. The van der Waals surface area contributed by atoms with Crippen molar-refractivity contribution >= 4 is 33.6 Å². The normalized spacial score (nSPS) is 10.6. The Morgan fingerprint density at radius 1 is 1.07 bits per heavy atom. The number of ether oxygens (including phenoxy) is 1. The Morgan fingerprint density at radius 3 is 2.56 bits per heavy atom. The van der Waals surface area contributed by atoms with Crippen molar-refractivity contribution in [2.75, 3.05) is 7.11 Å². The van der Waals surface area contributed by atoms with Crippen LogP contribution in [0.4, 0.5) is 0 Å². The second-order valence-electron chi connectivity index (χ2n) is 5.80. The van der Waals surface area contributed by atoms with Gasteiger partial charge in [0.1, 0.15) is 5.03 Å². The van der Waals surface area contributed by atoms with Gasteiger partial charge in [-0.05, 0) is 51.3 Å². The number of nitrogens with zero attached hydrogens (tertiary/aromatic N) is 1. The summed E-state index contributed by atoms with van der Waals surface area (Å²) in [6.45, 7) is 0.974. The first-order valence-electron chi connectivity index (χ1n) is 8.39. The number of amides is 1. The molecular formula is C21H19BrN2O2S. The zero-order chi connectivity index (χ0) is 19.1. The molecule has 1 amide bonds. The Bertz CT molecular complexity index is 916. The van der Waals surface area contributed by atoms with Crippen LogP contribution in [0.2, 0.25) is 0 Å². The molecule has 0 aliphatic carbocycles. The number of pyridine rings is 1. The summed E-state index contributed by atoms with van der Waals surface area (Å²) in [5, 5.41) is 3.85. The first-order valence-corrected chi connectivity index (χ1v) is 10.0. The van der Waals surface area contributed by atoms with Crippen LogP contribution in [0.1, 0.15) is 21.5 Å². The predicted octanol–water partition coefficient (Wildman–Crippen LogP) is 5.07. The maximum absolute atomic E-state index is 12.8. The van der Waals surface area contributed by atoms with Gasteiger partial charge < -0.3 is 10.1 Å². The van der Waals surface area contributed by atoms with Gasteiger partial charge in [0.05, 0.1) is 12.2 Å². The first kappa shape index (κ1) is 19.6. The van der Waals surface area contributed by atoms with Crippen molar-refractivity contribution < 1.29 is 9.53 Å². The van der Waals surface area contributed by atoms with E-state index < -0.39 is 0 Å². The molecule has 3 aromatic rings. The molecule has 0 saturated heterocycles. The summed E-state index contributed by atoms with van der Waals surface area (Å²) in [5.41, 5.74) is 2.76. The Morgan fingerprint density at radius 2 is 1.81 bits per heavy atom. The highest BCUT2D eigenvalue weighted by atomic mass is 79.9. The lowest BCUT2D eigenvalue weighted by molar-refractivity contribution is 0.0947. The predicted molar refractivity (Wildman–Crippen MR) is 111 cm³/mol. The van der Waals surface area contributed by atoms with Gasteiger partial charge in [0.2, 0.25) is 0 Å². The molecular weight excluding hydrogens is 424 g/mol. The number of aromatic nitrogens is 1. The molecule has 1 heterocycles. The highest BCUT2D eigenvalue weighted by molar-refractivity contribution is 9.10. The van der Waals surface area contributed by atoms with Crippen LogP contribution in [0.3, 0.4) is 0 Å². The molecule has 0 fully saturated rings. The molecule has 3 rings (SSSR count). The van der Waals surface area contributed by atoms with Crippen LogP contribution in [0, 0.1) is 0 Å². The number of carbonyl (C=O) groups is 1. The van der Waals surface area contributed by atoms with E-state index in [-0.39, 0.29) is 5.91 Å². The topological polar surface area (TPSA) is 51.2 Å². The largest absolute Gasteiger partial charge is 0.380 e. The molecule has 138 valence electrons. The molecule has 0 radical (unpaired) electrons. The van der Waals surface area contributed by atoms with Crippen LogP contribution in [0.5, 0.6) is 0 Å². The molecule has 0 atom stereocenters. The van der Waals surface area contributed by atoms with Gasteiger partial charge in [0, 0.05) is 29.2 Å². The summed E-state index contributed by atoms with van der Waals surface area (Å²) in [7, 11) is 1.67. The van der Waals surface area contributed by atoms with Crippen molar-refractivity contribution in [3.8, 4) is 0 Å². The van der Waals surface area contributed by atoms with Crippen molar-refractivity contribution in [3.05, 3.63) is 88.0 Å². The molecule has 0 unspecified atom stereocenters. The van der Waals surface area contributed by atoms with Gasteiger partial charge >= 0.3 is 0 Å². The Hall–Kier alpha value is -2.15. The van der Waals surface area contributed by atoms with E-state index in [9.17, 15) is 4.79 Å². The third kappa shape index (κ3) is 5.42. The van der Waals surface area contributed by atoms with Crippen LogP contribution in [0.25, 0.3) is 0 Å². The van der Waals surface area contributed by atoms with Crippen molar-refractivity contribution in [3.63, 3.8) is 0 Å². The average molecular weight is 443 g/mol. The molecule has 0 spiro atoms. The minimum absolute atomic E-state index is 0.109. The maximum atomic E-state index is 12.8. The average Bonchev–Trinajstić information content (AvgIpc) is 2.69. The number of benzene rings is 2. The van der Waals surface area contributed by atoms with Gasteiger partial charge in [0.15, 0.2) is 0 Å². The molecule has 0 aliphatic heterocycles. The minimum Gasteiger partial charge on any atom is -0.380 e. The van der Waals surface area contributed by atoms with Gasteiger partial charge in [-0.3, -0.25) is 4.79 Å². The summed E-state index contributed by atoms with van der Waals surface area (Å²) in [6.07, 6.45) is 1.75. The Labute approximate surface area is 171 Å². The lowest BCUT2D eigenvalue weighted by Crippen LogP contribution is -2.24. The molecule has 0 aliphatic rings. The van der Waals surface area contributed by atoms with Gasteiger partial charge in [-0.25, -0.2) is 4.98 Å². The zero-order valence-corrected chi connectivity index (χ0v) is 17.2. The van der Waals surface area contributed by atoms with Crippen LogP contribution in [-0.4, -0.2) is 18.0 Å². The van der Waals surface area contributed by atoms with E-state index in [1.807, 2.05) is 60.7 Å². The smallest absolute Gasteiger partial charge is 0.252 e. The molecule has 4 nitrogen and oxygen atoms in total. The molecule has 0 bridgehead atoms. The standard InChI is InChI=1S/C21H19BrN2O2S/c1-26-14-16-7-3-2-6-15(16)12-24-21(25)18-8-4-5-9-19(18)27-20-11-10-17(22)13-23-20/h2-11,13H,12,14H2,1H3,(H,24,25). The molecule has 1 N–H and O–H groups in total. The van der Waals surface area contributed by atoms with Gasteiger partial charge in [-0.2, -0.15) is 0 Å². The molecule has 2 aromatic carbocycles. The molecule has 6 heteroatoms. The van der Waals surface area contributed by atoms with Crippen LogP contribution in [-0.2, 0) is 17.9 Å². The lowest BCUT2D eigenvalue weighted by Gasteiger charge is -2.12. The number of rotatable bonds is 7. The van der Waals surface area contributed by atoms with E-state index in [1.54, 1.807) is 13.3 Å². The van der Waals surface area contributed by atoms with Gasteiger partial charge in [-0.15, -0.1) is 0 Å². The van der Waals surface area contributed by atoms with Crippen LogP contribution >= 0.6 is 27.7 Å². The van der Waals surface area contributed by atoms with E-state index in [0.717, 1.165) is 25.5 Å². The van der Waals surface area contributed by atoms with E-state index in [1.165, 1.54) is 11.8 Å². The molecule has 27 heavy (non-hydrogen) atoms. The summed E-state index contributed by atoms with van der Waals surface area (Å²) in [4.78, 5) is 18.0. The second-order valence-corrected chi connectivity index (χ2v) is 7.78. The number of nitrogens with one attached hydrogen (secondary N) is 1. The SMILES string of the molecule is COCc1ccccc1CNC(=O)c1ccccc1Sc1ccc(Br)cn1. The van der Waals surface area contributed by atoms with Crippen molar-refractivity contribution in [1.29, 1.82) is 0 Å². The zero-order valence-electron chi connectivity index (χ0n) is 14.8. The quantitative estimate of drug-likeness (QED) is 0.554. The van der Waals surface area contributed by atoms with Crippen molar-refractivity contribution in [2.24, 2.45) is 0 Å². The second kappa shape index (κ2) is 9.69. The van der Waals surface area contributed by atoms with Crippen LogP contribution < -0.4 is 5.32 Å². The minimum atomic E-state index is -0.109. The summed E-state index contributed by atoms with van der Waals surface area (Å²) >= 11 is 4.85. The monoisotopic (exact) mass is 442 g/mol. The summed E-state index contributed by atoms with van der Waals surface area (Å²) in [5.74, 6) is -0.109. The highest BCUT2D eigenvalue weighted by Crippen LogP contribution is 2.29. The van der Waals surface area contributed by atoms with E-state index in [2.05, 4.69) is 26.2 Å². The van der Waals surface area contributed by atoms with E-state index in [0.29, 0.717) is 18.7 Å². The fraction of sp³-hybridized carbons (Fsp3) is 0.143. The van der Waals surface area contributed by atoms with Gasteiger partial charge in [-0.1, -0.05) is 48.2 Å². The number of halogens is 1. The number of methoxy groups -OCH3 is 1. The third-order valence-corrected chi connectivity index (χ3v) is 5.40.